The number of hydrogen-bond acceptors (Lipinski definition) is 1. The van der Waals surface area contributed by atoms with E-state index in [0.29, 0.717) is 4.83 Å². The minimum atomic E-state index is 0.559. The van der Waals surface area contributed by atoms with Gasteiger partial charge in [0, 0.05) is 11.9 Å². The lowest BCUT2D eigenvalue weighted by Gasteiger charge is -2.07. The van der Waals surface area contributed by atoms with Crippen LogP contribution < -0.4 is 0 Å². The molecule has 2 heteroatoms. The third-order valence-electron chi connectivity index (χ3n) is 1.97. The van der Waals surface area contributed by atoms with E-state index in [1.165, 1.54) is 38.5 Å². The highest BCUT2D eigenvalue weighted by atomic mass is 79.9. The summed E-state index contributed by atoms with van der Waals surface area (Å²) in [5.41, 5.74) is 0. The van der Waals surface area contributed by atoms with Gasteiger partial charge in [0.2, 0.25) is 0 Å². The van der Waals surface area contributed by atoms with Crippen LogP contribution in [0.2, 0.25) is 0 Å². The molecule has 0 saturated carbocycles. The molecule has 0 amide bonds. The zero-order valence-electron chi connectivity index (χ0n) is 8.31. The molecular formula is C10H21BrO. The second kappa shape index (κ2) is 9.53. The molecule has 0 aliphatic heterocycles. The Labute approximate surface area is 85.0 Å². The largest absolute Gasteiger partial charge is 0.384 e. The first-order chi connectivity index (χ1) is 5.81. The molecule has 0 heterocycles. The number of alkyl halides is 1. The molecule has 0 aliphatic rings. The maximum atomic E-state index is 5.03. The summed E-state index contributed by atoms with van der Waals surface area (Å²) in [5.74, 6) is 0. The van der Waals surface area contributed by atoms with Crippen LogP contribution in [-0.2, 0) is 4.74 Å². The fourth-order valence-corrected chi connectivity index (χ4v) is 1.82. The highest BCUT2D eigenvalue weighted by Gasteiger charge is 2.01. The SMILES string of the molecule is CCCCCCCC(Br)COC. The number of ether oxygens (including phenoxy) is 1. The minimum Gasteiger partial charge on any atom is -0.384 e. The smallest absolute Gasteiger partial charge is 0.0587 e. The fourth-order valence-electron chi connectivity index (χ4n) is 1.23. The van der Waals surface area contributed by atoms with Crippen LogP contribution in [0.25, 0.3) is 0 Å². The normalized spacial score (nSPS) is 13.2. The lowest BCUT2D eigenvalue weighted by Crippen LogP contribution is -2.05. The van der Waals surface area contributed by atoms with Crippen LogP contribution >= 0.6 is 15.9 Å². The second-order valence-corrected chi connectivity index (χ2v) is 4.55. The Morgan fingerprint density at radius 3 is 2.42 bits per heavy atom. The van der Waals surface area contributed by atoms with E-state index < -0.39 is 0 Å². The predicted octanol–water partition coefficient (Wildman–Crippen LogP) is 3.76. The third kappa shape index (κ3) is 8.54. The van der Waals surface area contributed by atoms with Crippen molar-refractivity contribution in [1.29, 1.82) is 0 Å². The molecule has 1 atom stereocenters. The molecule has 0 fully saturated rings. The molecule has 0 aromatic rings. The predicted molar refractivity (Wildman–Crippen MR) is 58.0 cm³/mol. The first-order valence-electron chi connectivity index (χ1n) is 4.94. The van der Waals surface area contributed by atoms with Crippen LogP contribution in [0.3, 0.4) is 0 Å². The lowest BCUT2D eigenvalue weighted by atomic mass is 10.1. The number of halogens is 1. The Morgan fingerprint density at radius 1 is 1.17 bits per heavy atom. The summed E-state index contributed by atoms with van der Waals surface area (Å²) < 4.78 is 5.03. The maximum Gasteiger partial charge on any atom is 0.0587 e. The summed E-state index contributed by atoms with van der Waals surface area (Å²) in [4.78, 5) is 0.559. The van der Waals surface area contributed by atoms with Gasteiger partial charge in [-0.3, -0.25) is 0 Å². The van der Waals surface area contributed by atoms with Gasteiger partial charge in [-0.1, -0.05) is 55.0 Å². The second-order valence-electron chi connectivity index (χ2n) is 3.26. The van der Waals surface area contributed by atoms with Crippen molar-refractivity contribution in [3.63, 3.8) is 0 Å². The highest BCUT2D eigenvalue weighted by Crippen LogP contribution is 2.12. The van der Waals surface area contributed by atoms with E-state index in [1.54, 1.807) is 7.11 Å². The van der Waals surface area contributed by atoms with Crippen molar-refractivity contribution in [1.82, 2.24) is 0 Å². The Hall–Kier alpha value is 0.440. The standard InChI is InChI=1S/C10H21BrO/c1-3-4-5-6-7-8-10(11)9-12-2/h10H,3-9H2,1-2H3. The monoisotopic (exact) mass is 236 g/mol. The van der Waals surface area contributed by atoms with E-state index in [4.69, 9.17) is 4.74 Å². The highest BCUT2D eigenvalue weighted by molar-refractivity contribution is 9.09. The van der Waals surface area contributed by atoms with Crippen LogP contribution in [0.4, 0.5) is 0 Å². The average Bonchev–Trinajstić information content (AvgIpc) is 2.05. The summed E-state index contributed by atoms with van der Waals surface area (Å²) in [7, 11) is 1.76. The van der Waals surface area contributed by atoms with Crippen molar-refractivity contribution >= 4 is 15.9 Å². The zero-order chi connectivity index (χ0) is 9.23. The van der Waals surface area contributed by atoms with Crippen molar-refractivity contribution in [3.05, 3.63) is 0 Å². The number of unbranched alkanes of at least 4 members (excludes halogenated alkanes) is 4. The first-order valence-corrected chi connectivity index (χ1v) is 5.85. The molecular weight excluding hydrogens is 216 g/mol. The average molecular weight is 237 g/mol. The van der Waals surface area contributed by atoms with Gasteiger partial charge in [0.15, 0.2) is 0 Å². The van der Waals surface area contributed by atoms with E-state index >= 15 is 0 Å². The van der Waals surface area contributed by atoms with Gasteiger partial charge in [0.25, 0.3) is 0 Å². The van der Waals surface area contributed by atoms with E-state index in [0.717, 1.165) is 6.61 Å². The van der Waals surface area contributed by atoms with Crippen molar-refractivity contribution < 1.29 is 4.74 Å². The molecule has 0 rings (SSSR count). The molecule has 0 aliphatic carbocycles. The maximum absolute atomic E-state index is 5.03. The van der Waals surface area contributed by atoms with E-state index in [-0.39, 0.29) is 0 Å². The summed E-state index contributed by atoms with van der Waals surface area (Å²) in [6.45, 7) is 3.09. The molecule has 1 nitrogen and oxygen atoms in total. The van der Waals surface area contributed by atoms with Crippen molar-refractivity contribution in [3.8, 4) is 0 Å². The van der Waals surface area contributed by atoms with Gasteiger partial charge in [0.1, 0.15) is 0 Å². The molecule has 0 radical (unpaired) electrons. The molecule has 0 N–H and O–H groups in total. The first kappa shape index (κ1) is 12.4. The number of methoxy groups -OCH3 is 1. The van der Waals surface area contributed by atoms with Crippen LogP contribution in [0.1, 0.15) is 45.4 Å². The summed E-state index contributed by atoms with van der Waals surface area (Å²) in [5, 5.41) is 0. The number of rotatable bonds is 8. The molecule has 0 aromatic heterocycles. The Kier molecular flexibility index (Phi) is 9.88. The molecule has 1 unspecified atom stereocenters. The van der Waals surface area contributed by atoms with Gasteiger partial charge in [-0.15, -0.1) is 0 Å². The topological polar surface area (TPSA) is 9.23 Å². The Morgan fingerprint density at radius 2 is 1.83 bits per heavy atom. The van der Waals surface area contributed by atoms with Crippen LogP contribution in [0.5, 0.6) is 0 Å². The third-order valence-corrected chi connectivity index (χ3v) is 2.69. The van der Waals surface area contributed by atoms with Crippen molar-refractivity contribution in [2.45, 2.75) is 50.3 Å². The van der Waals surface area contributed by atoms with Gasteiger partial charge < -0.3 is 4.74 Å². The van der Waals surface area contributed by atoms with Crippen molar-refractivity contribution in [2.75, 3.05) is 13.7 Å². The van der Waals surface area contributed by atoms with Crippen LogP contribution in [-0.4, -0.2) is 18.5 Å². The fraction of sp³-hybridized carbons (Fsp3) is 1.00. The molecule has 74 valence electrons. The van der Waals surface area contributed by atoms with Crippen molar-refractivity contribution in [2.24, 2.45) is 0 Å². The van der Waals surface area contributed by atoms with E-state index in [9.17, 15) is 0 Å². The minimum absolute atomic E-state index is 0.559. The summed E-state index contributed by atoms with van der Waals surface area (Å²) >= 11 is 3.58. The van der Waals surface area contributed by atoms with Gasteiger partial charge in [0.05, 0.1) is 6.61 Å². The summed E-state index contributed by atoms with van der Waals surface area (Å²) in [6, 6.07) is 0. The van der Waals surface area contributed by atoms with Crippen LogP contribution in [0, 0.1) is 0 Å². The quantitative estimate of drug-likeness (QED) is 0.461. The van der Waals surface area contributed by atoms with Gasteiger partial charge in [-0.25, -0.2) is 0 Å². The molecule has 0 spiro atoms. The molecule has 0 aromatic carbocycles. The van der Waals surface area contributed by atoms with E-state index in [1.807, 2.05) is 0 Å². The van der Waals surface area contributed by atoms with Gasteiger partial charge >= 0.3 is 0 Å². The lowest BCUT2D eigenvalue weighted by molar-refractivity contribution is 0.197. The molecule has 12 heavy (non-hydrogen) atoms. The molecule has 0 saturated heterocycles. The van der Waals surface area contributed by atoms with Gasteiger partial charge in [-0.2, -0.15) is 0 Å². The molecule has 0 bridgehead atoms. The summed E-state index contributed by atoms with van der Waals surface area (Å²) in [6.07, 6.45) is 8.06. The van der Waals surface area contributed by atoms with E-state index in [2.05, 4.69) is 22.9 Å². The Bertz CT molecular complexity index is 85.9. The Balaban J connectivity index is 2.97. The zero-order valence-corrected chi connectivity index (χ0v) is 9.90. The van der Waals surface area contributed by atoms with Gasteiger partial charge in [-0.05, 0) is 6.42 Å². The van der Waals surface area contributed by atoms with Crippen LogP contribution in [0.15, 0.2) is 0 Å². The number of hydrogen-bond donors (Lipinski definition) is 0.